The highest BCUT2D eigenvalue weighted by Gasteiger charge is 2.28. The third-order valence-electron chi connectivity index (χ3n) is 5.44. The zero-order valence-corrected chi connectivity index (χ0v) is 18.4. The Morgan fingerprint density at radius 1 is 1.06 bits per heavy atom. The zero-order valence-electron chi connectivity index (χ0n) is 17.6. The van der Waals surface area contributed by atoms with Crippen LogP contribution in [0, 0.1) is 0 Å². The van der Waals surface area contributed by atoms with Crippen LogP contribution < -0.4 is 14.8 Å². The molecule has 0 aliphatic carbocycles. The number of ether oxygens (including phenoxy) is 2. The smallest absolute Gasteiger partial charge is 0.387 e. The minimum Gasteiger partial charge on any atom is -0.492 e. The van der Waals surface area contributed by atoms with Crippen molar-refractivity contribution in [3.8, 4) is 11.5 Å². The van der Waals surface area contributed by atoms with Gasteiger partial charge in [-0.05, 0) is 55.0 Å². The van der Waals surface area contributed by atoms with Crippen LogP contribution in [0.2, 0.25) is 5.02 Å². The fourth-order valence-corrected chi connectivity index (χ4v) is 4.31. The minimum absolute atomic E-state index is 0.114. The van der Waals surface area contributed by atoms with Crippen molar-refractivity contribution in [2.45, 2.75) is 19.6 Å². The van der Waals surface area contributed by atoms with Crippen molar-refractivity contribution in [1.82, 2.24) is 9.55 Å². The predicted octanol–water partition coefficient (Wildman–Crippen LogP) is 6.75. The first-order valence-corrected chi connectivity index (χ1v) is 10.8. The van der Waals surface area contributed by atoms with Crippen LogP contribution >= 0.6 is 11.6 Å². The summed E-state index contributed by atoms with van der Waals surface area (Å²) in [5, 5.41) is 3.85. The van der Waals surface area contributed by atoms with Gasteiger partial charge in [-0.15, -0.1) is 0 Å². The monoisotopic (exact) mass is 467 g/mol. The molecule has 33 heavy (non-hydrogen) atoms. The number of halogens is 3. The summed E-state index contributed by atoms with van der Waals surface area (Å²) < 4.78 is 38.7. The number of imidazole rings is 1. The number of benzene rings is 3. The summed E-state index contributed by atoms with van der Waals surface area (Å²) in [4.78, 5) is 4.73. The summed E-state index contributed by atoms with van der Waals surface area (Å²) in [6.45, 7) is -0.531. The highest BCUT2D eigenvalue weighted by molar-refractivity contribution is 6.32. The highest BCUT2D eigenvalue weighted by atomic mass is 35.5. The van der Waals surface area contributed by atoms with Gasteiger partial charge in [-0.2, -0.15) is 8.78 Å². The Morgan fingerprint density at radius 2 is 1.85 bits per heavy atom. The van der Waals surface area contributed by atoms with Gasteiger partial charge in [-0.1, -0.05) is 41.9 Å². The lowest BCUT2D eigenvalue weighted by Crippen LogP contribution is -2.20. The van der Waals surface area contributed by atoms with Gasteiger partial charge in [-0.25, -0.2) is 4.98 Å². The second-order valence-corrected chi connectivity index (χ2v) is 7.85. The van der Waals surface area contributed by atoms with E-state index in [0.29, 0.717) is 28.9 Å². The third kappa shape index (κ3) is 4.00. The molecule has 0 saturated carbocycles. The molecule has 3 aromatic carbocycles. The Balaban J connectivity index is 1.67. The molecule has 1 aromatic heterocycles. The maximum atomic E-state index is 13.1. The van der Waals surface area contributed by atoms with E-state index < -0.39 is 12.7 Å². The van der Waals surface area contributed by atoms with Gasteiger partial charge >= 0.3 is 6.61 Å². The molecule has 168 valence electrons. The molecule has 0 bridgehead atoms. The Labute approximate surface area is 194 Å². The van der Waals surface area contributed by atoms with Gasteiger partial charge in [-0.3, -0.25) is 4.57 Å². The number of aromatic nitrogens is 2. The van der Waals surface area contributed by atoms with Gasteiger partial charge in [0.25, 0.3) is 0 Å². The largest absolute Gasteiger partial charge is 0.492 e. The summed E-state index contributed by atoms with van der Waals surface area (Å²) in [6.07, 6.45) is 1.96. The van der Waals surface area contributed by atoms with E-state index in [2.05, 4.69) is 5.32 Å². The first-order valence-electron chi connectivity index (χ1n) is 10.5. The van der Waals surface area contributed by atoms with Gasteiger partial charge in [0.15, 0.2) is 0 Å². The van der Waals surface area contributed by atoms with Crippen LogP contribution in [0.5, 0.6) is 11.5 Å². The normalized spacial score (nSPS) is 15.2. The molecule has 2 heterocycles. The number of hydrogen-bond acceptors (Lipinski definition) is 4. The van der Waals surface area contributed by atoms with E-state index in [0.717, 1.165) is 22.3 Å². The van der Waals surface area contributed by atoms with Crippen molar-refractivity contribution in [3.05, 3.63) is 89.0 Å². The molecule has 0 radical (unpaired) electrons. The molecular weight excluding hydrogens is 448 g/mol. The van der Waals surface area contributed by atoms with Gasteiger partial charge < -0.3 is 14.8 Å². The van der Waals surface area contributed by atoms with Crippen LogP contribution in [0.15, 0.2) is 72.8 Å². The van der Waals surface area contributed by atoms with Gasteiger partial charge in [0, 0.05) is 11.3 Å². The second kappa shape index (κ2) is 8.75. The van der Waals surface area contributed by atoms with Crippen LogP contribution in [0.25, 0.3) is 16.7 Å². The van der Waals surface area contributed by atoms with Crippen molar-refractivity contribution in [2.24, 2.45) is 0 Å². The van der Waals surface area contributed by atoms with Crippen LogP contribution in [-0.2, 0) is 0 Å². The molecule has 1 N–H and O–H groups in total. The SMILES string of the molecule is CCOc1ccc(C2=C[C@H](c3ccccc3OC(F)F)n3c(nc4ccccc43)N2)cc1Cl. The number of allylic oxidation sites excluding steroid dienone is 1. The number of hydrogen-bond donors (Lipinski definition) is 1. The molecular formula is C25H20ClF2N3O2. The summed E-state index contributed by atoms with van der Waals surface area (Å²) in [6, 6.07) is 19.6. The van der Waals surface area contributed by atoms with E-state index in [1.165, 1.54) is 0 Å². The average Bonchev–Trinajstić information content (AvgIpc) is 3.18. The van der Waals surface area contributed by atoms with E-state index in [1.807, 2.05) is 60.0 Å². The average molecular weight is 468 g/mol. The number of nitrogens with one attached hydrogen (secondary N) is 1. The highest BCUT2D eigenvalue weighted by Crippen LogP contribution is 2.41. The number of alkyl halides is 2. The van der Waals surface area contributed by atoms with Crippen molar-refractivity contribution >= 4 is 34.3 Å². The maximum Gasteiger partial charge on any atom is 0.387 e. The molecule has 5 nitrogen and oxygen atoms in total. The standard InChI is InChI=1S/C25H20ClF2N3O2/c1-2-32-23-12-11-15(13-17(23)26)19-14-21(16-7-3-6-10-22(16)33-24(27)28)31-20-9-5-4-8-18(20)29-25(31)30-19/h3-14,21,24H,2H2,1H3,(H,29,30)/t21-/m1/s1. The third-order valence-corrected chi connectivity index (χ3v) is 5.74. The van der Waals surface area contributed by atoms with Crippen LogP contribution in [0.4, 0.5) is 14.7 Å². The molecule has 0 unspecified atom stereocenters. The number of fused-ring (bicyclic) bond motifs is 3. The lowest BCUT2D eigenvalue weighted by molar-refractivity contribution is -0.0505. The quantitative estimate of drug-likeness (QED) is 0.341. The first-order chi connectivity index (χ1) is 16.0. The van der Waals surface area contributed by atoms with Gasteiger partial charge in [0.05, 0.1) is 28.7 Å². The van der Waals surface area contributed by atoms with E-state index in [1.54, 1.807) is 24.3 Å². The summed E-state index contributed by atoms with van der Waals surface area (Å²) in [7, 11) is 0. The Hall–Kier alpha value is -3.58. The molecule has 4 aromatic rings. The van der Waals surface area contributed by atoms with E-state index in [9.17, 15) is 8.78 Å². The molecule has 1 aliphatic heterocycles. The van der Waals surface area contributed by atoms with Crippen LogP contribution in [0.3, 0.4) is 0 Å². The molecule has 0 spiro atoms. The summed E-state index contributed by atoms with van der Waals surface area (Å²) in [5.74, 6) is 1.30. The van der Waals surface area contributed by atoms with E-state index in [-0.39, 0.29) is 5.75 Å². The summed E-state index contributed by atoms with van der Waals surface area (Å²) >= 11 is 6.42. The minimum atomic E-state index is -2.93. The number of nitrogens with zero attached hydrogens (tertiary/aromatic N) is 2. The topological polar surface area (TPSA) is 48.3 Å². The van der Waals surface area contributed by atoms with Crippen LogP contribution in [0.1, 0.15) is 24.1 Å². The number of anilines is 1. The van der Waals surface area contributed by atoms with E-state index >= 15 is 0 Å². The second-order valence-electron chi connectivity index (χ2n) is 7.44. The molecule has 0 saturated heterocycles. The van der Waals surface area contributed by atoms with Crippen molar-refractivity contribution < 1.29 is 18.3 Å². The van der Waals surface area contributed by atoms with Crippen LogP contribution in [-0.4, -0.2) is 22.8 Å². The molecule has 0 amide bonds. The first kappa shape index (κ1) is 21.3. The Kier molecular flexibility index (Phi) is 5.64. The zero-order chi connectivity index (χ0) is 22.9. The fourth-order valence-electron chi connectivity index (χ4n) is 4.08. The van der Waals surface area contributed by atoms with Crippen molar-refractivity contribution in [2.75, 3.05) is 11.9 Å². The fraction of sp³-hybridized carbons (Fsp3) is 0.160. The van der Waals surface area contributed by atoms with E-state index in [4.69, 9.17) is 26.1 Å². The molecule has 8 heteroatoms. The molecule has 0 fully saturated rings. The van der Waals surface area contributed by atoms with Crippen molar-refractivity contribution in [1.29, 1.82) is 0 Å². The molecule has 5 rings (SSSR count). The lowest BCUT2D eigenvalue weighted by Gasteiger charge is -2.28. The number of rotatable bonds is 6. The molecule has 1 aliphatic rings. The van der Waals surface area contributed by atoms with Gasteiger partial charge in [0.1, 0.15) is 11.5 Å². The number of para-hydroxylation sites is 3. The predicted molar refractivity (Wildman–Crippen MR) is 125 cm³/mol. The van der Waals surface area contributed by atoms with Gasteiger partial charge in [0.2, 0.25) is 5.95 Å². The van der Waals surface area contributed by atoms with Crippen molar-refractivity contribution in [3.63, 3.8) is 0 Å². The Morgan fingerprint density at radius 3 is 2.64 bits per heavy atom. The summed E-state index contributed by atoms with van der Waals surface area (Å²) in [5.41, 5.74) is 3.82. The molecule has 1 atom stereocenters. The Bertz CT molecular complexity index is 1350. The maximum absolute atomic E-state index is 13.1. The lowest BCUT2D eigenvalue weighted by atomic mass is 10.00.